The van der Waals surface area contributed by atoms with E-state index in [-0.39, 0.29) is 5.91 Å². The van der Waals surface area contributed by atoms with E-state index in [4.69, 9.17) is 0 Å². The zero-order valence-corrected chi connectivity index (χ0v) is 13.5. The number of rotatable bonds is 6. The third-order valence-electron chi connectivity index (χ3n) is 3.90. The number of aromatic nitrogens is 1. The summed E-state index contributed by atoms with van der Waals surface area (Å²) in [5.74, 6) is -0.0321. The van der Waals surface area contributed by atoms with Crippen molar-refractivity contribution in [1.82, 2.24) is 9.88 Å². The molecule has 3 nitrogen and oxygen atoms in total. The first-order valence-corrected chi connectivity index (χ1v) is 8.11. The first-order valence-electron chi connectivity index (χ1n) is 8.11. The lowest BCUT2D eigenvalue weighted by molar-refractivity contribution is 0.0739. The molecular weight excluding hydrogens is 296 g/mol. The fraction of sp³-hybridized carbons (Fsp3) is 0.143. The summed E-state index contributed by atoms with van der Waals surface area (Å²) in [5.41, 5.74) is 2.83. The maximum absolute atomic E-state index is 12.8. The molecule has 0 fully saturated rings. The zero-order chi connectivity index (χ0) is 16.6. The molecular formula is C21H20N2O. The Morgan fingerprint density at radius 2 is 1.42 bits per heavy atom. The van der Waals surface area contributed by atoms with Crippen LogP contribution in [-0.2, 0) is 13.0 Å². The van der Waals surface area contributed by atoms with Gasteiger partial charge in [0.25, 0.3) is 5.91 Å². The van der Waals surface area contributed by atoms with Gasteiger partial charge in [0, 0.05) is 19.3 Å². The monoisotopic (exact) mass is 316 g/mol. The second-order valence-corrected chi connectivity index (χ2v) is 5.66. The number of hydrogen-bond acceptors (Lipinski definition) is 2. The van der Waals surface area contributed by atoms with Crippen LogP contribution >= 0.6 is 0 Å². The number of amides is 1. The van der Waals surface area contributed by atoms with Crippen LogP contribution in [0.25, 0.3) is 0 Å². The molecule has 1 aromatic heterocycles. The highest BCUT2D eigenvalue weighted by Gasteiger charge is 2.17. The number of carbonyl (C=O) groups excluding carboxylic acids is 1. The van der Waals surface area contributed by atoms with Gasteiger partial charge in [-0.2, -0.15) is 0 Å². The minimum absolute atomic E-state index is 0.0321. The Balaban J connectivity index is 1.76. The molecule has 1 amide bonds. The summed E-state index contributed by atoms with van der Waals surface area (Å²) in [4.78, 5) is 18.9. The van der Waals surface area contributed by atoms with Crippen LogP contribution in [0.15, 0.2) is 85.1 Å². The zero-order valence-electron chi connectivity index (χ0n) is 13.5. The second-order valence-electron chi connectivity index (χ2n) is 5.66. The van der Waals surface area contributed by atoms with Crippen molar-refractivity contribution in [2.45, 2.75) is 13.0 Å². The molecule has 120 valence electrons. The van der Waals surface area contributed by atoms with E-state index < -0.39 is 0 Å². The molecule has 0 saturated heterocycles. The summed E-state index contributed by atoms with van der Waals surface area (Å²) in [6.45, 7) is 1.25. The van der Waals surface area contributed by atoms with Crippen LogP contribution in [-0.4, -0.2) is 22.3 Å². The fourth-order valence-electron chi connectivity index (χ4n) is 2.62. The van der Waals surface area contributed by atoms with Crippen LogP contribution in [0.4, 0.5) is 0 Å². The molecule has 0 bridgehead atoms. The average Bonchev–Trinajstić information content (AvgIpc) is 2.67. The van der Waals surface area contributed by atoms with Gasteiger partial charge in [-0.15, -0.1) is 0 Å². The van der Waals surface area contributed by atoms with Crippen molar-refractivity contribution in [2.75, 3.05) is 6.54 Å². The predicted octanol–water partition coefficient (Wildman–Crippen LogP) is 3.97. The van der Waals surface area contributed by atoms with Crippen molar-refractivity contribution in [2.24, 2.45) is 0 Å². The van der Waals surface area contributed by atoms with Crippen LogP contribution in [0.5, 0.6) is 0 Å². The summed E-state index contributed by atoms with van der Waals surface area (Å²) < 4.78 is 0. The highest BCUT2D eigenvalue weighted by Crippen LogP contribution is 2.10. The molecule has 3 aromatic rings. The molecule has 2 aromatic carbocycles. The summed E-state index contributed by atoms with van der Waals surface area (Å²) in [5, 5.41) is 0. The van der Waals surface area contributed by atoms with Crippen molar-refractivity contribution in [3.8, 4) is 0 Å². The van der Waals surface area contributed by atoms with Crippen molar-refractivity contribution in [3.63, 3.8) is 0 Å². The SMILES string of the molecule is O=C(c1ccccn1)N(CCc1ccccc1)Cc1ccccc1. The van der Waals surface area contributed by atoms with E-state index in [1.807, 2.05) is 65.6 Å². The van der Waals surface area contributed by atoms with E-state index in [1.165, 1.54) is 5.56 Å². The maximum atomic E-state index is 12.8. The van der Waals surface area contributed by atoms with Gasteiger partial charge < -0.3 is 4.90 Å². The van der Waals surface area contributed by atoms with Gasteiger partial charge in [-0.3, -0.25) is 9.78 Å². The molecule has 0 radical (unpaired) electrons. The Morgan fingerprint density at radius 3 is 2.04 bits per heavy atom. The van der Waals surface area contributed by atoms with Crippen molar-refractivity contribution in [3.05, 3.63) is 102 Å². The van der Waals surface area contributed by atoms with E-state index >= 15 is 0 Å². The third kappa shape index (κ3) is 4.29. The molecule has 3 rings (SSSR count). The molecule has 0 saturated carbocycles. The van der Waals surface area contributed by atoms with Gasteiger partial charge in [0.1, 0.15) is 5.69 Å². The van der Waals surface area contributed by atoms with Crippen LogP contribution in [0.3, 0.4) is 0 Å². The summed E-state index contributed by atoms with van der Waals surface area (Å²) in [7, 11) is 0. The largest absolute Gasteiger partial charge is 0.333 e. The molecule has 24 heavy (non-hydrogen) atoms. The highest BCUT2D eigenvalue weighted by molar-refractivity contribution is 5.92. The number of pyridine rings is 1. The third-order valence-corrected chi connectivity index (χ3v) is 3.90. The second kappa shape index (κ2) is 8.06. The highest BCUT2D eigenvalue weighted by atomic mass is 16.2. The Labute approximate surface area is 142 Å². The van der Waals surface area contributed by atoms with E-state index in [1.54, 1.807) is 12.3 Å². The van der Waals surface area contributed by atoms with E-state index in [0.717, 1.165) is 12.0 Å². The lowest BCUT2D eigenvalue weighted by Crippen LogP contribution is -2.33. The number of carbonyl (C=O) groups is 1. The Bertz CT molecular complexity index is 758. The van der Waals surface area contributed by atoms with Crippen LogP contribution < -0.4 is 0 Å². The first kappa shape index (κ1) is 15.9. The lowest BCUT2D eigenvalue weighted by Gasteiger charge is -2.22. The molecule has 0 atom stereocenters. The number of nitrogens with zero attached hydrogens (tertiary/aromatic N) is 2. The van der Waals surface area contributed by atoms with Gasteiger partial charge in [-0.05, 0) is 29.7 Å². The van der Waals surface area contributed by atoms with Gasteiger partial charge >= 0.3 is 0 Å². The maximum Gasteiger partial charge on any atom is 0.272 e. The van der Waals surface area contributed by atoms with Gasteiger partial charge in [0.15, 0.2) is 0 Å². The van der Waals surface area contributed by atoms with Crippen LogP contribution in [0.1, 0.15) is 21.6 Å². The molecule has 3 heteroatoms. The Morgan fingerprint density at radius 1 is 0.792 bits per heavy atom. The predicted molar refractivity (Wildman–Crippen MR) is 95.6 cm³/mol. The van der Waals surface area contributed by atoms with Crippen molar-refractivity contribution in [1.29, 1.82) is 0 Å². The smallest absolute Gasteiger partial charge is 0.272 e. The fourth-order valence-corrected chi connectivity index (χ4v) is 2.62. The molecule has 0 aliphatic heterocycles. The summed E-state index contributed by atoms with van der Waals surface area (Å²) >= 11 is 0. The quantitative estimate of drug-likeness (QED) is 0.689. The molecule has 0 N–H and O–H groups in total. The Kier molecular flexibility index (Phi) is 5.36. The van der Waals surface area contributed by atoms with Gasteiger partial charge in [-0.1, -0.05) is 66.7 Å². The van der Waals surface area contributed by atoms with Crippen LogP contribution in [0, 0.1) is 0 Å². The van der Waals surface area contributed by atoms with Gasteiger partial charge in [-0.25, -0.2) is 0 Å². The number of benzene rings is 2. The van der Waals surface area contributed by atoms with Crippen LogP contribution in [0.2, 0.25) is 0 Å². The summed E-state index contributed by atoms with van der Waals surface area (Å²) in [6.07, 6.45) is 2.48. The van der Waals surface area contributed by atoms with Crippen molar-refractivity contribution >= 4 is 5.91 Å². The van der Waals surface area contributed by atoms with E-state index in [9.17, 15) is 4.79 Å². The average molecular weight is 316 g/mol. The lowest BCUT2D eigenvalue weighted by atomic mass is 10.1. The molecule has 0 spiro atoms. The molecule has 0 unspecified atom stereocenters. The van der Waals surface area contributed by atoms with Gasteiger partial charge in [0.2, 0.25) is 0 Å². The minimum atomic E-state index is -0.0321. The van der Waals surface area contributed by atoms with E-state index in [2.05, 4.69) is 17.1 Å². The Hall–Kier alpha value is -2.94. The molecule has 1 heterocycles. The normalized spacial score (nSPS) is 10.3. The molecule has 0 aliphatic carbocycles. The van der Waals surface area contributed by atoms with E-state index in [0.29, 0.717) is 18.8 Å². The first-order chi connectivity index (χ1) is 11.8. The standard InChI is InChI=1S/C21H20N2O/c24-21(20-13-7-8-15-22-20)23(17-19-11-5-2-6-12-19)16-14-18-9-3-1-4-10-18/h1-13,15H,14,16-17H2. The number of hydrogen-bond donors (Lipinski definition) is 0. The summed E-state index contributed by atoms with van der Waals surface area (Å²) in [6, 6.07) is 25.7. The minimum Gasteiger partial charge on any atom is -0.333 e. The van der Waals surface area contributed by atoms with Gasteiger partial charge in [0.05, 0.1) is 0 Å². The molecule has 0 aliphatic rings. The topological polar surface area (TPSA) is 33.2 Å². The van der Waals surface area contributed by atoms with Crippen molar-refractivity contribution < 1.29 is 4.79 Å².